The SMILES string of the molecule is C=C1CCC2C(C)(C(=O)O)CCCC2(C)C1C=CC(C)=CCO. The lowest BCUT2D eigenvalue weighted by molar-refractivity contribution is -0.162. The fourth-order valence-corrected chi connectivity index (χ4v) is 4.96. The predicted molar refractivity (Wildman–Crippen MR) is 93.0 cm³/mol. The number of hydrogen-bond donors (Lipinski definition) is 2. The number of rotatable bonds is 4. The van der Waals surface area contributed by atoms with E-state index in [2.05, 4.69) is 19.6 Å². The van der Waals surface area contributed by atoms with Crippen LogP contribution in [0.1, 0.15) is 52.9 Å². The second-order valence-electron chi connectivity index (χ2n) is 7.80. The normalized spacial score (nSPS) is 38.6. The summed E-state index contributed by atoms with van der Waals surface area (Å²) in [5, 5.41) is 18.8. The summed E-state index contributed by atoms with van der Waals surface area (Å²) < 4.78 is 0. The highest BCUT2D eigenvalue weighted by Gasteiger charge is 2.56. The highest BCUT2D eigenvalue weighted by molar-refractivity contribution is 5.75. The zero-order valence-corrected chi connectivity index (χ0v) is 14.6. The summed E-state index contributed by atoms with van der Waals surface area (Å²) in [7, 11) is 0. The number of carboxylic acid groups (broad SMARTS) is 1. The van der Waals surface area contributed by atoms with Crippen LogP contribution in [0, 0.1) is 22.7 Å². The number of aliphatic carboxylic acids is 1. The zero-order chi connectivity index (χ0) is 17.3. The Kier molecular flexibility index (Phi) is 5.20. The molecule has 4 atom stereocenters. The second-order valence-corrected chi connectivity index (χ2v) is 7.80. The first kappa shape index (κ1) is 18.0. The standard InChI is InChI=1S/C20H30O3/c1-14(10-13-21)6-8-16-15(2)7-9-17-19(16,3)11-5-12-20(17,4)18(22)23/h6,8,10,16-17,21H,2,5,7,9,11-13H2,1,3-4H3,(H,22,23). The number of allylic oxidation sites excluding steroid dienone is 4. The molecule has 0 aromatic rings. The van der Waals surface area contributed by atoms with Gasteiger partial charge in [-0.1, -0.05) is 49.3 Å². The molecule has 2 fully saturated rings. The Morgan fingerprint density at radius 3 is 2.70 bits per heavy atom. The lowest BCUT2D eigenvalue weighted by atomic mass is 9.47. The number of aliphatic hydroxyl groups excluding tert-OH is 1. The molecule has 0 aromatic carbocycles. The lowest BCUT2D eigenvalue weighted by Gasteiger charge is -2.56. The first-order chi connectivity index (χ1) is 10.8. The average molecular weight is 318 g/mol. The summed E-state index contributed by atoms with van der Waals surface area (Å²) in [6, 6.07) is 0. The maximum Gasteiger partial charge on any atom is 0.309 e. The molecular formula is C20H30O3. The molecule has 128 valence electrons. The highest BCUT2D eigenvalue weighted by Crippen LogP contribution is 2.61. The molecule has 0 aromatic heterocycles. The summed E-state index contributed by atoms with van der Waals surface area (Å²) in [5.41, 5.74) is 1.57. The van der Waals surface area contributed by atoms with E-state index in [0.717, 1.165) is 37.7 Å². The lowest BCUT2D eigenvalue weighted by Crippen LogP contribution is -2.53. The van der Waals surface area contributed by atoms with Crippen molar-refractivity contribution in [2.45, 2.75) is 52.9 Å². The van der Waals surface area contributed by atoms with Gasteiger partial charge in [-0.3, -0.25) is 4.79 Å². The summed E-state index contributed by atoms with van der Waals surface area (Å²) in [6.45, 7) is 10.5. The summed E-state index contributed by atoms with van der Waals surface area (Å²) in [6.07, 6.45) is 10.6. The van der Waals surface area contributed by atoms with Gasteiger partial charge in [-0.05, 0) is 50.9 Å². The van der Waals surface area contributed by atoms with Crippen LogP contribution in [0.25, 0.3) is 0 Å². The van der Waals surface area contributed by atoms with Crippen LogP contribution in [0.5, 0.6) is 0 Å². The Bertz CT molecular complexity index is 545. The maximum absolute atomic E-state index is 11.9. The van der Waals surface area contributed by atoms with E-state index in [1.54, 1.807) is 6.08 Å². The first-order valence-corrected chi connectivity index (χ1v) is 8.62. The molecule has 0 spiro atoms. The van der Waals surface area contributed by atoms with Crippen molar-refractivity contribution in [3.63, 3.8) is 0 Å². The van der Waals surface area contributed by atoms with Gasteiger partial charge < -0.3 is 10.2 Å². The number of carboxylic acids is 1. The zero-order valence-electron chi connectivity index (χ0n) is 14.6. The van der Waals surface area contributed by atoms with E-state index in [4.69, 9.17) is 5.11 Å². The third kappa shape index (κ3) is 3.16. The molecule has 3 heteroatoms. The second kappa shape index (κ2) is 6.64. The Balaban J connectivity index is 2.37. The largest absolute Gasteiger partial charge is 0.481 e. The minimum atomic E-state index is -0.653. The topological polar surface area (TPSA) is 57.5 Å². The van der Waals surface area contributed by atoms with Crippen molar-refractivity contribution in [2.24, 2.45) is 22.7 Å². The fraction of sp³-hybridized carbons (Fsp3) is 0.650. The molecule has 0 radical (unpaired) electrons. The molecule has 2 aliphatic rings. The number of carbonyl (C=O) groups is 1. The van der Waals surface area contributed by atoms with Gasteiger partial charge in [0.15, 0.2) is 0 Å². The van der Waals surface area contributed by atoms with Gasteiger partial charge in [0.1, 0.15) is 0 Å². The van der Waals surface area contributed by atoms with E-state index in [1.807, 2.05) is 19.9 Å². The monoisotopic (exact) mass is 318 g/mol. The molecule has 0 bridgehead atoms. The van der Waals surface area contributed by atoms with Crippen LogP contribution in [0.2, 0.25) is 0 Å². The Morgan fingerprint density at radius 1 is 1.39 bits per heavy atom. The van der Waals surface area contributed by atoms with Crippen molar-refractivity contribution in [2.75, 3.05) is 6.61 Å². The van der Waals surface area contributed by atoms with Gasteiger partial charge in [0, 0.05) is 5.92 Å². The summed E-state index contributed by atoms with van der Waals surface area (Å²) in [4.78, 5) is 11.9. The van der Waals surface area contributed by atoms with Crippen LogP contribution in [0.3, 0.4) is 0 Å². The van der Waals surface area contributed by atoms with Crippen molar-refractivity contribution >= 4 is 5.97 Å². The molecule has 23 heavy (non-hydrogen) atoms. The molecule has 4 unspecified atom stereocenters. The third-order valence-electron chi connectivity index (χ3n) is 6.33. The van der Waals surface area contributed by atoms with E-state index >= 15 is 0 Å². The minimum absolute atomic E-state index is 0.0404. The Hall–Kier alpha value is -1.35. The quantitative estimate of drug-likeness (QED) is 0.598. The molecule has 3 nitrogen and oxygen atoms in total. The van der Waals surface area contributed by atoms with E-state index in [9.17, 15) is 9.90 Å². The molecular weight excluding hydrogens is 288 g/mol. The minimum Gasteiger partial charge on any atom is -0.481 e. The number of aliphatic hydroxyl groups is 1. The molecule has 2 rings (SSSR count). The van der Waals surface area contributed by atoms with E-state index in [0.29, 0.717) is 0 Å². The van der Waals surface area contributed by atoms with Crippen molar-refractivity contribution in [1.29, 1.82) is 0 Å². The summed E-state index contributed by atoms with van der Waals surface area (Å²) in [5.74, 6) is -0.259. The van der Waals surface area contributed by atoms with Crippen LogP contribution in [0.4, 0.5) is 0 Å². The molecule has 2 aliphatic carbocycles. The van der Waals surface area contributed by atoms with Crippen LogP contribution in [-0.2, 0) is 4.79 Å². The van der Waals surface area contributed by atoms with Crippen molar-refractivity contribution < 1.29 is 15.0 Å². The van der Waals surface area contributed by atoms with E-state index < -0.39 is 11.4 Å². The Labute approximate surface area is 139 Å². The van der Waals surface area contributed by atoms with Crippen molar-refractivity contribution in [1.82, 2.24) is 0 Å². The molecule has 2 N–H and O–H groups in total. The summed E-state index contributed by atoms with van der Waals surface area (Å²) >= 11 is 0. The number of fused-ring (bicyclic) bond motifs is 1. The average Bonchev–Trinajstić information content (AvgIpc) is 2.46. The van der Waals surface area contributed by atoms with Crippen molar-refractivity contribution in [3.05, 3.63) is 36.0 Å². The molecule has 0 aliphatic heterocycles. The van der Waals surface area contributed by atoms with Gasteiger partial charge >= 0.3 is 5.97 Å². The van der Waals surface area contributed by atoms with Crippen LogP contribution in [-0.4, -0.2) is 22.8 Å². The molecule has 0 heterocycles. The van der Waals surface area contributed by atoms with Gasteiger partial charge in [0.25, 0.3) is 0 Å². The van der Waals surface area contributed by atoms with Gasteiger partial charge in [0.2, 0.25) is 0 Å². The maximum atomic E-state index is 11.9. The smallest absolute Gasteiger partial charge is 0.309 e. The van der Waals surface area contributed by atoms with Gasteiger partial charge in [-0.25, -0.2) is 0 Å². The molecule has 0 saturated heterocycles. The first-order valence-electron chi connectivity index (χ1n) is 8.62. The Morgan fingerprint density at radius 2 is 2.09 bits per heavy atom. The van der Waals surface area contributed by atoms with Crippen LogP contribution >= 0.6 is 0 Å². The van der Waals surface area contributed by atoms with Gasteiger partial charge in [0.05, 0.1) is 12.0 Å². The van der Waals surface area contributed by atoms with Crippen LogP contribution < -0.4 is 0 Å². The molecule has 2 saturated carbocycles. The van der Waals surface area contributed by atoms with E-state index in [1.165, 1.54) is 5.57 Å². The highest BCUT2D eigenvalue weighted by atomic mass is 16.4. The predicted octanol–water partition coefficient (Wildman–Crippen LogP) is 4.34. The fourth-order valence-electron chi connectivity index (χ4n) is 4.96. The van der Waals surface area contributed by atoms with E-state index in [-0.39, 0.29) is 23.9 Å². The van der Waals surface area contributed by atoms with Gasteiger partial charge in [-0.2, -0.15) is 0 Å². The van der Waals surface area contributed by atoms with Gasteiger partial charge in [-0.15, -0.1) is 0 Å². The van der Waals surface area contributed by atoms with Crippen LogP contribution in [0.15, 0.2) is 36.0 Å². The number of hydrogen-bond acceptors (Lipinski definition) is 2. The molecule has 0 amide bonds. The van der Waals surface area contributed by atoms with Crippen molar-refractivity contribution in [3.8, 4) is 0 Å². The third-order valence-corrected chi connectivity index (χ3v) is 6.33.